The fourth-order valence-electron chi connectivity index (χ4n) is 2.67. The van der Waals surface area contributed by atoms with Crippen LogP contribution in [0.3, 0.4) is 0 Å². The first-order valence-corrected chi connectivity index (χ1v) is 8.30. The smallest absolute Gasteiger partial charge is 0.154 e. The molecule has 0 unspecified atom stereocenters. The summed E-state index contributed by atoms with van der Waals surface area (Å²) < 4.78 is 0. The van der Waals surface area contributed by atoms with Crippen molar-refractivity contribution >= 4 is 39.7 Å². The first kappa shape index (κ1) is 15.5. The van der Waals surface area contributed by atoms with Crippen LogP contribution in [0.25, 0.3) is 10.9 Å². The monoisotopic (exact) mass is 349 g/mol. The molecule has 0 saturated carbocycles. The van der Waals surface area contributed by atoms with Gasteiger partial charge < -0.3 is 15.6 Å². The normalized spacial score (nSPS) is 10.8. The lowest BCUT2D eigenvalue weighted by atomic mass is 10.2. The first-order valence-electron chi connectivity index (χ1n) is 7.92. The molecule has 0 aliphatic heterocycles. The van der Waals surface area contributed by atoms with Crippen LogP contribution in [-0.4, -0.2) is 15.0 Å². The molecular weight excluding hydrogens is 334 g/mol. The van der Waals surface area contributed by atoms with Crippen molar-refractivity contribution in [2.75, 3.05) is 10.6 Å². The highest BCUT2D eigenvalue weighted by Crippen LogP contribution is 2.29. The van der Waals surface area contributed by atoms with Gasteiger partial charge in [0.15, 0.2) is 5.82 Å². The van der Waals surface area contributed by atoms with Crippen LogP contribution in [0.5, 0.6) is 0 Å². The van der Waals surface area contributed by atoms with Crippen LogP contribution in [0, 0.1) is 0 Å². The lowest BCUT2D eigenvalue weighted by molar-refractivity contribution is 1.14. The highest BCUT2D eigenvalue weighted by Gasteiger charge is 2.09. The maximum Gasteiger partial charge on any atom is 0.154 e. The molecule has 0 aliphatic rings. The number of fused-ring (bicyclic) bond motifs is 1. The molecule has 0 spiro atoms. The SMILES string of the molecule is Clc1ccc(Nc2ncc(NCc3ccccc3)c3cc[nH]c23)cn1. The molecule has 124 valence electrons. The highest BCUT2D eigenvalue weighted by atomic mass is 35.5. The molecule has 0 fully saturated rings. The van der Waals surface area contributed by atoms with Crippen molar-refractivity contribution in [2.45, 2.75) is 6.54 Å². The van der Waals surface area contributed by atoms with E-state index in [2.05, 4.69) is 37.7 Å². The van der Waals surface area contributed by atoms with Crippen molar-refractivity contribution < 1.29 is 0 Å². The Labute approximate surface area is 150 Å². The number of hydrogen-bond donors (Lipinski definition) is 3. The maximum absolute atomic E-state index is 5.83. The molecule has 0 radical (unpaired) electrons. The second-order valence-corrected chi connectivity index (χ2v) is 6.01. The van der Waals surface area contributed by atoms with Crippen LogP contribution >= 0.6 is 11.6 Å². The Morgan fingerprint density at radius 1 is 0.960 bits per heavy atom. The number of halogens is 1. The number of anilines is 3. The largest absolute Gasteiger partial charge is 0.379 e. The molecule has 6 heteroatoms. The van der Waals surface area contributed by atoms with Crippen molar-refractivity contribution in [3.8, 4) is 0 Å². The van der Waals surface area contributed by atoms with Crippen molar-refractivity contribution in [2.24, 2.45) is 0 Å². The summed E-state index contributed by atoms with van der Waals surface area (Å²) in [5.41, 5.74) is 3.98. The van der Waals surface area contributed by atoms with E-state index in [1.807, 2.05) is 42.7 Å². The Bertz CT molecular complexity index is 980. The van der Waals surface area contributed by atoms with Crippen LogP contribution in [0.4, 0.5) is 17.2 Å². The summed E-state index contributed by atoms with van der Waals surface area (Å²) in [5.74, 6) is 0.745. The molecule has 4 rings (SSSR count). The van der Waals surface area contributed by atoms with E-state index in [1.54, 1.807) is 12.3 Å². The summed E-state index contributed by atoms with van der Waals surface area (Å²) in [7, 11) is 0. The second kappa shape index (κ2) is 6.83. The molecule has 0 bridgehead atoms. The van der Waals surface area contributed by atoms with Crippen LogP contribution in [0.2, 0.25) is 5.15 Å². The second-order valence-electron chi connectivity index (χ2n) is 5.62. The number of benzene rings is 1. The number of hydrogen-bond acceptors (Lipinski definition) is 4. The third kappa shape index (κ3) is 3.41. The number of nitrogens with one attached hydrogen (secondary N) is 3. The van der Waals surface area contributed by atoms with Crippen molar-refractivity contribution in [1.29, 1.82) is 0 Å². The van der Waals surface area contributed by atoms with Gasteiger partial charge in [-0.05, 0) is 23.8 Å². The van der Waals surface area contributed by atoms with E-state index < -0.39 is 0 Å². The van der Waals surface area contributed by atoms with Crippen LogP contribution in [0.15, 0.2) is 67.1 Å². The van der Waals surface area contributed by atoms with E-state index >= 15 is 0 Å². The molecule has 3 heterocycles. The topological polar surface area (TPSA) is 65.6 Å². The minimum atomic E-state index is 0.462. The summed E-state index contributed by atoms with van der Waals surface area (Å²) in [5, 5.41) is 8.26. The van der Waals surface area contributed by atoms with Crippen LogP contribution in [0.1, 0.15) is 5.56 Å². The molecule has 0 aliphatic carbocycles. The quantitative estimate of drug-likeness (QED) is 0.445. The minimum absolute atomic E-state index is 0.462. The fourth-order valence-corrected chi connectivity index (χ4v) is 2.78. The van der Waals surface area contributed by atoms with Crippen molar-refractivity contribution in [1.82, 2.24) is 15.0 Å². The van der Waals surface area contributed by atoms with Gasteiger partial charge in [0.25, 0.3) is 0 Å². The van der Waals surface area contributed by atoms with Gasteiger partial charge in [-0.15, -0.1) is 0 Å². The van der Waals surface area contributed by atoms with Crippen molar-refractivity contribution in [3.63, 3.8) is 0 Å². The molecule has 5 nitrogen and oxygen atoms in total. The predicted octanol–water partition coefficient (Wildman–Crippen LogP) is 4.97. The Hall–Kier alpha value is -3.05. The molecule has 4 aromatic rings. The number of nitrogens with zero attached hydrogens (tertiary/aromatic N) is 2. The summed E-state index contributed by atoms with van der Waals surface area (Å²) in [6.07, 6.45) is 5.43. The van der Waals surface area contributed by atoms with E-state index in [0.29, 0.717) is 5.15 Å². The Kier molecular flexibility index (Phi) is 4.23. The predicted molar refractivity (Wildman–Crippen MR) is 102 cm³/mol. The highest BCUT2D eigenvalue weighted by molar-refractivity contribution is 6.29. The van der Waals surface area contributed by atoms with Gasteiger partial charge in [0, 0.05) is 18.1 Å². The molecule has 3 aromatic heterocycles. The van der Waals surface area contributed by atoms with Gasteiger partial charge in [0.2, 0.25) is 0 Å². The minimum Gasteiger partial charge on any atom is -0.379 e. The summed E-state index contributed by atoms with van der Waals surface area (Å²) in [4.78, 5) is 11.9. The fraction of sp³-hybridized carbons (Fsp3) is 0.0526. The number of rotatable bonds is 5. The number of aromatic nitrogens is 3. The Balaban J connectivity index is 1.59. The zero-order valence-electron chi connectivity index (χ0n) is 13.3. The summed E-state index contributed by atoms with van der Waals surface area (Å²) in [6.45, 7) is 0.747. The lowest BCUT2D eigenvalue weighted by Crippen LogP contribution is -2.02. The zero-order chi connectivity index (χ0) is 17.1. The van der Waals surface area contributed by atoms with Crippen LogP contribution < -0.4 is 10.6 Å². The van der Waals surface area contributed by atoms with Gasteiger partial charge >= 0.3 is 0 Å². The molecule has 0 amide bonds. The molecule has 0 saturated heterocycles. The van der Waals surface area contributed by atoms with E-state index in [4.69, 9.17) is 11.6 Å². The molecule has 1 aromatic carbocycles. The average Bonchev–Trinajstić information content (AvgIpc) is 3.14. The first-order chi connectivity index (χ1) is 12.3. The maximum atomic E-state index is 5.83. The van der Waals surface area contributed by atoms with Gasteiger partial charge in [-0.1, -0.05) is 41.9 Å². The molecule has 0 atom stereocenters. The van der Waals surface area contributed by atoms with Gasteiger partial charge in [-0.25, -0.2) is 9.97 Å². The molecular formula is C19H16ClN5. The van der Waals surface area contributed by atoms with E-state index in [0.717, 1.165) is 34.6 Å². The standard InChI is InChI=1S/C19H16ClN5/c20-17-7-6-14(11-23-17)25-19-18-15(8-9-21-18)16(12-24-19)22-10-13-4-2-1-3-5-13/h1-9,11-12,21-22H,10H2,(H,24,25). The Morgan fingerprint density at radius 3 is 2.64 bits per heavy atom. The van der Waals surface area contributed by atoms with E-state index in [1.165, 1.54) is 5.56 Å². The molecule has 25 heavy (non-hydrogen) atoms. The van der Waals surface area contributed by atoms with Gasteiger partial charge in [-0.2, -0.15) is 0 Å². The van der Waals surface area contributed by atoms with Crippen LogP contribution in [-0.2, 0) is 6.54 Å². The number of aromatic amines is 1. The third-order valence-electron chi connectivity index (χ3n) is 3.91. The molecule has 3 N–H and O–H groups in total. The van der Waals surface area contributed by atoms with Gasteiger partial charge in [0.1, 0.15) is 5.15 Å². The average molecular weight is 350 g/mol. The number of H-pyrrole nitrogens is 1. The van der Waals surface area contributed by atoms with E-state index in [-0.39, 0.29) is 0 Å². The summed E-state index contributed by atoms with van der Waals surface area (Å²) in [6, 6.07) is 15.9. The Morgan fingerprint density at radius 2 is 1.84 bits per heavy atom. The lowest BCUT2D eigenvalue weighted by Gasteiger charge is -2.11. The van der Waals surface area contributed by atoms with Crippen molar-refractivity contribution in [3.05, 3.63) is 77.8 Å². The zero-order valence-corrected chi connectivity index (χ0v) is 14.1. The summed E-state index contributed by atoms with van der Waals surface area (Å²) >= 11 is 5.83. The van der Waals surface area contributed by atoms with Gasteiger partial charge in [0.05, 0.1) is 29.3 Å². The third-order valence-corrected chi connectivity index (χ3v) is 4.14. The number of pyridine rings is 2. The van der Waals surface area contributed by atoms with Gasteiger partial charge in [-0.3, -0.25) is 0 Å². The van der Waals surface area contributed by atoms with E-state index in [9.17, 15) is 0 Å².